The third-order valence-electron chi connectivity index (χ3n) is 7.96. The number of aliphatic carboxylic acids is 1. The number of hydrogen-bond acceptors (Lipinski definition) is 6. The van der Waals surface area contributed by atoms with E-state index in [0.717, 1.165) is 11.1 Å². The molecule has 2 aromatic carbocycles. The Morgan fingerprint density at radius 3 is 2.00 bits per heavy atom. The van der Waals surface area contributed by atoms with Crippen LogP contribution >= 0.6 is 0 Å². The van der Waals surface area contributed by atoms with Gasteiger partial charge in [0.2, 0.25) is 23.6 Å². The summed E-state index contributed by atoms with van der Waals surface area (Å²) >= 11 is 0. The molecule has 0 radical (unpaired) electrons. The van der Waals surface area contributed by atoms with Gasteiger partial charge in [0.1, 0.15) is 18.1 Å². The van der Waals surface area contributed by atoms with Gasteiger partial charge >= 0.3 is 12.1 Å². The van der Waals surface area contributed by atoms with E-state index in [4.69, 9.17) is 15.6 Å². The number of carboxylic acid groups (broad SMARTS) is 1. The Labute approximate surface area is 272 Å². The molecule has 4 amide bonds. The van der Waals surface area contributed by atoms with E-state index in [9.17, 15) is 32.3 Å². The number of hydrogen-bond donors (Lipinski definition) is 5. The highest BCUT2D eigenvalue weighted by Gasteiger charge is 2.40. The van der Waals surface area contributed by atoms with Crippen molar-refractivity contribution in [1.82, 2.24) is 20.9 Å². The summed E-state index contributed by atoms with van der Waals surface area (Å²) < 4.78 is 31.7. The zero-order chi connectivity index (χ0) is 35.6. The fourth-order valence-corrected chi connectivity index (χ4v) is 5.21. The first kappa shape index (κ1) is 38.7. The number of aryl methyl sites for hydroxylation is 2. The van der Waals surface area contributed by atoms with Crippen LogP contribution in [-0.4, -0.2) is 83.5 Å². The van der Waals surface area contributed by atoms with Gasteiger partial charge in [-0.2, -0.15) is 13.2 Å². The van der Waals surface area contributed by atoms with E-state index in [1.54, 1.807) is 14.0 Å². The lowest BCUT2D eigenvalue weighted by atomic mass is 9.94. The summed E-state index contributed by atoms with van der Waals surface area (Å²) in [4.78, 5) is 62.0. The highest BCUT2D eigenvalue weighted by atomic mass is 19.4. The summed E-state index contributed by atoms with van der Waals surface area (Å²) in [6.07, 6.45) is -3.73. The van der Waals surface area contributed by atoms with Crippen molar-refractivity contribution in [2.24, 2.45) is 11.7 Å². The summed E-state index contributed by atoms with van der Waals surface area (Å²) in [5.41, 5.74) is 11.2. The third kappa shape index (κ3) is 10.8. The Hall–Kier alpha value is -4.46. The number of nitrogens with one attached hydrogen (secondary N) is 3. The van der Waals surface area contributed by atoms with Crippen LogP contribution in [0.5, 0.6) is 0 Å². The molecule has 4 atom stereocenters. The quantitative estimate of drug-likeness (QED) is 0.246. The fourth-order valence-electron chi connectivity index (χ4n) is 5.21. The first-order valence-corrected chi connectivity index (χ1v) is 15.2. The topological polar surface area (TPSA) is 171 Å². The number of carboxylic acids is 1. The van der Waals surface area contributed by atoms with Crippen molar-refractivity contribution in [3.8, 4) is 11.1 Å². The molecule has 0 spiro atoms. The highest BCUT2D eigenvalue weighted by molar-refractivity contribution is 5.95. The van der Waals surface area contributed by atoms with E-state index in [1.807, 2.05) is 44.2 Å². The first-order valence-electron chi connectivity index (χ1n) is 15.2. The van der Waals surface area contributed by atoms with Crippen LogP contribution in [0.2, 0.25) is 0 Å². The van der Waals surface area contributed by atoms with E-state index < -0.39 is 48.1 Å². The molecule has 258 valence electrons. The SMILES string of the molecule is CN[C@@H](C)C(=O)N[C@H](C(=O)N1CCC[C@H]1C(=O)N[C@@H](Cc1ccc(-c2c(C)cccc2C)cc1)C(N)=O)C(C)C.O=C(O)C(F)(F)F. The lowest BCUT2D eigenvalue weighted by Crippen LogP contribution is -2.58. The van der Waals surface area contributed by atoms with Gasteiger partial charge in [0.25, 0.3) is 0 Å². The first-order chi connectivity index (χ1) is 21.9. The Morgan fingerprint density at radius 1 is 0.979 bits per heavy atom. The highest BCUT2D eigenvalue weighted by Crippen LogP contribution is 2.27. The van der Waals surface area contributed by atoms with Gasteiger partial charge in [0.15, 0.2) is 0 Å². The lowest BCUT2D eigenvalue weighted by molar-refractivity contribution is -0.192. The largest absolute Gasteiger partial charge is 0.490 e. The fraction of sp³-hybridized carbons (Fsp3) is 0.485. The summed E-state index contributed by atoms with van der Waals surface area (Å²) in [7, 11) is 1.67. The molecule has 1 fully saturated rings. The Morgan fingerprint density at radius 2 is 1.53 bits per heavy atom. The summed E-state index contributed by atoms with van der Waals surface area (Å²) in [6, 6.07) is 11.2. The molecular weight excluding hydrogens is 619 g/mol. The number of nitrogens with two attached hydrogens (primary N) is 1. The molecule has 6 N–H and O–H groups in total. The van der Waals surface area contributed by atoms with Crippen molar-refractivity contribution < 1.29 is 42.3 Å². The van der Waals surface area contributed by atoms with Gasteiger partial charge < -0.3 is 31.7 Å². The summed E-state index contributed by atoms with van der Waals surface area (Å²) in [5.74, 6) is -4.58. The minimum Gasteiger partial charge on any atom is -0.475 e. The second kappa shape index (κ2) is 16.9. The summed E-state index contributed by atoms with van der Waals surface area (Å²) in [5, 5.41) is 15.6. The number of carbonyl (C=O) groups excluding carboxylic acids is 4. The zero-order valence-electron chi connectivity index (χ0n) is 27.4. The number of amides is 4. The Kier molecular flexibility index (Phi) is 13.9. The van der Waals surface area contributed by atoms with Crippen molar-refractivity contribution in [2.45, 2.75) is 84.2 Å². The van der Waals surface area contributed by atoms with Gasteiger partial charge in [0.05, 0.1) is 6.04 Å². The van der Waals surface area contributed by atoms with Gasteiger partial charge in [0, 0.05) is 13.0 Å². The van der Waals surface area contributed by atoms with Crippen LogP contribution in [-0.2, 0) is 30.4 Å². The molecule has 0 aromatic heterocycles. The maximum Gasteiger partial charge on any atom is 0.490 e. The molecule has 0 bridgehead atoms. The molecule has 1 aliphatic heterocycles. The maximum absolute atomic E-state index is 13.5. The number of likely N-dealkylation sites (N-methyl/N-ethyl adjacent to an activating group) is 1. The number of halogens is 3. The predicted molar refractivity (Wildman–Crippen MR) is 170 cm³/mol. The van der Waals surface area contributed by atoms with Crippen LogP contribution in [0.3, 0.4) is 0 Å². The van der Waals surface area contributed by atoms with Gasteiger partial charge in [-0.15, -0.1) is 0 Å². The molecule has 2 aromatic rings. The van der Waals surface area contributed by atoms with Gasteiger partial charge in [-0.3, -0.25) is 19.2 Å². The van der Waals surface area contributed by atoms with E-state index >= 15 is 0 Å². The molecule has 3 rings (SSSR count). The van der Waals surface area contributed by atoms with Crippen LogP contribution < -0.4 is 21.7 Å². The minimum absolute atomic E-state index is 0.172. The van der Waals surface area contributed by atoms with E-state index in [1.165, 1.54) is 21.6 Å². The summed E-state index contributed by atoms with van der Waals surface area (Å²) in [6.45, 7) is 9.97. The zero-order valence-corrected chi connectivity index (χ0v) is 27.4. The second-order valence-electron chi connectivity index (χ2n) is 11.9. The van der Waals surface area contributed by atoms with Gasteiger partial charge in [-0.1, -0.05) is 56.3 Å². The van der Waals surface area contributed by atoms with E-state index in [2.05, 4.69) is 41.9 Å². The van der Waals surface area contributed by atoms with Crippen molar-refractivity contribution in [3.63, 3.8) is 0 Å². The number of primary amides is 1. The molecule has 11 nitrogen and oxygen atoms in total. The van der Waals surface area contributed by atoms with Crippen LogP contribution in [0.25, 0.3) is 11.1 Å². The lowest BCUT2D eigenvalue weighted by Gasteiger charge is -2.31. The number of carbonyl (C=O) groups is 5. The van der Waals surface area contributed by atoms with Crippen molar-refractivity contribution >= 4 is 29.6 Å². The molecule has 1 aliphatic rings. The van der Waals surface area contributed by atoms with Crippen LogP contribution in [0.1, 0.15) is 50.3 Å². The van der Waals surface area contributed by atoms with Gasteiger partial charge in [-0.05, 0) is 74.4 Å². The average molecular weight is 664 g/mol. The number of rotatable bonds is 11. The Balaban J connectivity index is 0.000000984. The molecule has 0 unspecified atom stereocenters. The van der Waals surface area contributed by atoms with Crippen molar-refractivity contribution in [1.29, 1.82) is 0 Å². The minimum atomic E-state index is -5.08. The predicted octanol–water partition coefficient (Wildman–Crippen LogP) is 2.86. The molecular formula is C33H44F3N5O6. The van der Waals surface area contributed by atoms with Crippen molar-refractivity contribution in [3.05, 3.63) is 59.2 Å². The normalized spacial score (nSPS) is 16.4. The maximum atomic E-state index is 13.5. The molecule has 14 heteroatoms. The molecule has 1 heterocycles. The van der Waals surface area contributed by atoms with Crippen LogP contribution in [0, 0.1) is 19.8 Å². The molecule has 0 aliphatic carbocycles. The van der Waals surface area contributed by atoms with E-state index in [-0.39, 0.29) is 24.2 Å². The monoisotopic (exact) mass is 663 g/mol. The molecule has 0 saturated carbocycles. The Bertz CT molecular complexity index is 1410. The number of likely N-dealkylation sites (tertiary alicyclic amines) is 1. The van der Waals surface area contributed by atoms with Gasteiger partial charge in [-0.25, -0.2) is 4.79 Å². The standard InChI is InChI=1S/C31H43N5O4.C2HF3O2/c1-18(2)27(35-29(38)21(5)33-6)31(40)36-16-8-11-25(36)30(39)34-24(28(32)37)17-22-12-14-23(15-13-22)26-19(3)9-7-10-20(26)4;3-2(4,5)1(6)7/h7,9-10,12-15,18,21,24-25,27,33H,8,11,16-17H2,1-6H3,(H2,32,37)(H,34,39)(H,35,38);(H,6,7)/t21-,24-,25-,27-;/m0./s1. The molecule has 47 heavy (non-hydrogen) atoms. The molecule has 1 saturated heterocycles. The second-order valence-corrected chi connectivity index (χ2v) is 11.9. The van der Waals surface area contributed by atoms with Crippen LogP contribution in [0.4, 0.5) is 13.2 Å². The number of benzene rings is 2. The smallest absolute Gasteiger partial charge is 0.475 e. The third-order valence-corrected chi connectivity index (χ3v) is 7.96. The van der Waals surface area contributed by atoms with E-state index in [0.29, 0.717) is 19.4 Å². The van der Waals surface area contributed by atoms with Crippen LogP contribution in [0.15, 0.2) is 42.5 Å². The number of alkyl halides is 3. The average Bonchev–Trinajstić information content (AvgIpc) is 3.49. The van der Waals surface area contributed by atoms with Crippen molar-refractivity contribution in [2.75, 3.05) is 13.6 Å². The number of nitrogens with zero attached hydrogens (tertiary/aromatic N) is 1.